The zero-order valence-electron chi connectivity index (χ0n) is 11.7. The molecule has 0 aliphatic rings. The Kier molecular flexibility index (Phi) is 3.65. The summed E-state index contributed by atoms with van der Waals surface area (Å²) in [5, 5.41) is 2.96. The number of nitrogens with zero attached hydrogens (tertiary/aromatic N) is 1. The SMILES string of the molecule is Cc1cc(C)c(NC(=O)c2ccccc2C)c(C)n1. The molecule has 1 aromatic heterocycles. The van der Waals surface area contributed by atoms with Gasteiger partial charge in [-0.25, -0.2) is 0 Å². The molecule has 0 fully saturated rings. The number of carbonyl (C=O) groups excluding carboxylic acids is 1. The third-order valence-corrected chi connectivity index (χ3v) is 3.15. The number of nitrogens with one attached hydrogen (secondary N) is 1. The molecule has 3 heteroatoms. The minimum absolute atomic E-state index is 0.0880. The second-order valence-electron chi connectivity index (χ2n) is 4.81. The topological polar surface area (TPSA) is 42.0 Å². The number of hydrogen-bond acceptors (Lipinski definition) is 2. The van der Waals surface area contributed by atoms with Gasteiger partial charge in [0.25, 0.3) is 5.91 Å². The van der Waals surface area contributed by atoms with Crippen molar-refractivity contribution in [1.29, 1.82) is 0 Å². The van der Waals surface area contributed by atoms with E-state index in [2.05, 4.69) is 10.3 Å². The van der Waals surface area contributed by atoms with Crippen LogP contribution in [-0.4, -0.2) is 10.9 Å². The Bertz CT molecular complexity index is 609. The summed E-state index contributed by atoms with van der Waals surface area (Å²) in [6, 6.07) is 9.53. The number of rotatable bonds is 2. The second kappa shape index (κ2) is 5.22. The van der Waals surface area contributed by atoms with E-state index in [9.17, 15) is 4.79 Å². The maximum absolute atomic E-state index is 12.3. The summed E-state index contributed by atoms with van der Waals surface area (Å²) in [6.07, 6.45) is 0. The lowest BCUT2D eigenvalue weighted by atomic mass is 10.1. The van der Waals surface area contributed by atoms with Crippen LogP contribution in [0.15, 0.2) is 30.3 Å². The van der Waals surface area contributed by atoms with Crippen molar-refractivity contribution in [3.63, 3.8) is 0 Å². The fourth-order valence-corrected chi connectivity index (χ4v) is 2.22. The molecule has 3 nitrogen and oxygen atoms in total. The van der Waals surface area contributed by atoms with E-state index in [0.29, 0.717) is 5.56 Å². The number of anilines is 1. The molecule has 0 atom stereocenters. The highest BCUT2D eigenvalue weighted by molar-refractivity contribution is 6.05. The van der Waals surface area contributed by atoms with Gasteiger partial charge in [0.1, 0.15) is 0 Å². The summed E-state index contributed by atoms with van der Waals surface area (Å²) < 4.78 is 0. The Morgan fingerprint density at radius 3 is 2.37 bits per heavy atom. The Labute approximate surface area is 113 Å². The van der Waals surface area contributed by atoms with Crippen LogP contribution >= 0.6 is 0 Å². The second-order valence-corrected chi connectivity index (χ2v) is 4.81. The predicted octanol–water partition coefficient (Wildman–Crippen LogP) is 3.57. The van der Waals surface area contributed by atoms with Gasteiger partial charge >= 0.3 is 0 Å². The van der Waals surface area contributed by atoms with Crippen LogP contribution in [0.4, 0.5) is 5.69 Å². The fourth-order valence-electron chi connectivity index (χ4n) is 2.22. The molecule has 0 unspecified atom stereocenters. The van der Waals surface area contributed by atoms with Crippen molar-refractivity contribution in [2.24, 2.45) is 0 Å². The highest BCUT2D eigenvalue weighted by Gasteiger charge is 2.12. The van der Waals surface area contributed by atoms with E-state index in [1.54, 1.807) is 0 Å². The number of hydrogen-bond donors (Lipinski definition) is 1. The van der Waals surface area contributed by atoms with Gasteiger partial charge in [-0.15, -0.1) is 0 Å². The predicted molar refractivity (Wildman–Crippen MR) is 77.6 cm³/mol. The standard InChI is InChI=1S/C16H18N2O/c1-10-7-5-6-8-14(10)16(19)18-15-11(2)9-12(3)17-13(15)4/h5-9H,1-4H3,(H,18,19). The molecule has 0 radical (unpaired) electrons. The molecule has 19 heavy (non-hydrogen) atoms. The third-order valence-electron chi connectivity index (χ3n) is 3.15. The molecule has 0 aliphatic heterocycles. The summed E-state index contributed by atoms with van der Waals surface area (Å²) in [5.41, 5.74) is 5.31. The monoisotopic (exact) mass is 254 g/mol. The number of amides is 1. The lowest BCUT2D eigenvalue weighted by Crippen LogP contribution is -2.15. The molecule has 1 aromatic carbocycles. The van der Waals surface area contributed by atoms with Gasteiger partial charge in [-0.05, 0) is 51.0 Å². The van der Waals surface area contributed by atoms with Crippen molar-refractivity contribution in [3.8, 4) is 0 Å². The summed E-state index contributed by atoms with van der Waals surface area (Å²) >= 11 is 0. The Balaban J connectivity index is 2.32. The van der Waals surface area contributed by atoms with E-state index >= 15 is 0 Å². The van der Waals surface area contributed by atoms with Crippen LogP contribution in [-0.2, 0) is 0 Å². The van der Waals surface area contributed by atoms with Crippen LogP contribution in [0.1, 0.15) is 32.9 Å². The highest BCUT2D eigenvalue weighted by atomic mass is 16.1. The van der Waals surface area contributed by atoms with Crippen LogP contribution in [0.3, 0.4) is 0 Å². The first-order valence-corrected chi connectivity index (χ1v) is 6.31. The molecule has 1 heterocycles. The molecule has 1 amide bonds. The van der Waals surface area contributed by atoms with Gasteiger partial charge < -0.3 is 5.32 Å². The molecule has 0 aliphatic carbocycles. The largest absolute Gasteiger partial charge is 0.320 e. The van der Waals surface area contributed by atoms with Gasteiger partial charge in [-0.2, -0.15) is 0 Å². The van der Waals surface area contributed by atoms with Crippen LogP contribution in [0.25, 0.3) is 0 Å². The molecular formula is C16H18N2O. The maximum Gasteiger partial charge on any atom is 0.255 e. The van der Waals surface area contributed by atoms with Crippen molar-refractivity contribution in [1.82, 2.24) is 4.98 Å². The summed E-state index contributed by atoms with van der Waals surface area (Å²) in [7, 11) is 0. The number of benzene rings is 1. The molecule has 1 N–H and O–H groups in total. The van der Waals surface area contributed by atoms with Crippen molar-refractivity contribution in [2.75, 3.05) is 5.32 Å². The van der Waals surface area contributed by atoms with Gasteiger partial charge in [-0.1, -0.05) is 18.2 Å². The number of aryl methyl sites for hydroxylation is 4. The van der Waals surface area contributed by atoms with E-state index in [1.165, 1.54) is 0 Å². The van der Waals surface area contributed by atoms with Gasteiger partial charge in [0, 0.05) is 11.3 Å². The lowest BCUT2D eigenvalue weighted by molar-refractivity contribution is 0.102. The first-order chi connectivity index (χ1) is 8.99. The summed E-state index contributed by atoms with van der Waals surface area (Å²) in [5.74, 6) is -0.0880. The van der Waals surface area contributed by atoms with Crippen LogP contribution in [0.2, 0.25) is 0 Å². The first kappa shape index (κ1) is 13.3. The van der Waals surface area contributed by atoms with Crippen molar-refractivity contribution < 1.29 is 4.79 Å². The molecule has 2 rings (SSSR count). The van der Waals surface area contributed by atoms with Crippen LogP contribution in [0, 0.1) is 27.7 Å². The molecular weight excluding hydrogens is 236 g/mol. The first-order valence-electron chi connectivity index (χ1n) is 6.31. The van der Waals surface area contributed by atoms with Crippen molar-refractivity contribution >= 4 is 11.6 Å². The van der Waals surface area contributed by atoms with E-state index in [4.69, 9.17) is 0 Å². The van der Waals surface area contributed by atoms with Crippen LogP contribution in [0.5, 0.6) is 0 Å². The van der Waals surface area contributed by atoms with E-state index in [0.717, 1.165) is 28.2 Å². The van der Waals surface area contributed by atoms with Crippen molar-refractivity contribution in [3.05, 3.63) is 58.4 Å². The number of aromatic nitrogens is 1. The fraction of sp³-hybridized carbons (Fsp3) is 0.250. The average Bonchev–Trinajstić information content (AvgIpc) is 2.34. The summed E-state index contributed by atoms with van der Waals surface area (Å²) in [6.45, 7) is 7.78. The minimum atomic E-state index is -0.0880. The van der Waals surface area contributed by atoms with E-state index < -0.39 is 0 Å². The Morgan fingerprint density at radius 1 is 1.05 bits per heavy atom. The third kappa shape index (κ3) is 2.81. The molecule has 0 spiro atoms. The molecule has 0 saturated carbocycles. The maximum atomic E-state index is 12.3. The van der Waals surface area contributed by atoms with Crippen molar-refractivity contribution in [2.45, 2.75) is 27.7 Å². The smallest absolute Gasteiger partial charge is 0.255 e. The molecule has 98 valence electrons. The zero-order valence-corrected chi connectivity index (χ0v) is 11.7. The number of pyridine rings is 1. The normalized spacial score (nSPS) is 10.3. The molecule has 0 saturated heterocycles. The minimum Gasteiger partial charge on any atom is -0.320 e. The molecule has 2 aromatic rings. The van der Waals surface area contributed by atoms with Gasteiger partial charge in [-0.3, -0.25) is 9.78 Å². The Hall–Kier alpha value is -2.16. The van der Waals surface area contributed by atoms with Gasteiger partial charge in [0.15, 0.2) is 0 Å². The zero-order chi connectivity index (χ0) is 14.0. The highest BCUT2D eigenvalue weighted by Crippen LogP contribution is 2.20. The van der Waals surface area contributed by atoms with Gasteiger partial charge in [0.05, 0.1) is 11.4 Å². The summed E-state index contributed by atoms with van der Waals surface area (Å²) in [4.78, 5) is 16.7. The Morgan fingerprint density at radius 2 is 1.74 bits per heavy atom. The molecule has 0 bridgehead atoms. The number of carbonyl (C=O) groups is 1. The van der Waals surface area contributed by atoms with E-state index in [-0.39, 0.29) is 5.91 Å². The van der Waals surface area contributed by atoms with E-state index in [1.807, 2.05) is 58.0 Å². The lowest BCUT2D eigenvalue weighted by Gasteiger charge is -2.13. The average molecular weight is 254 g/mol. The van der Waals surface area contributed by atoms with Crippen LogP contribution < -0.4 is 5.32 Å². The van der Waals surface area contributed by atoms with Gasteiger partial charge in [0.2, 0.25) is 0 Å². The quantitative estimate of drug-likeness (QED) is 0.890.